The maximum Gasteiger partial charge on any atom is 0.337 e. The third-order valence-corrected chi connectivity index (χ3v) is 6.08. The second-order valence-electron chi connectivity index (χ2n) is 8.44. The van der Waals surface area contributed by atoms with Crippen molar-refractivity contribution < 1.29 is 14.3 Å². The van der Waals surface area contributed by atoms with Crippen molar-refractivity contribution >= 4 is 23.4 Å². The number of rotatable bonds is 4. The number of dihydropyridines is 1. The van der Waals surface area contributed by atoms with Crippen LogP contribution in [-0.4, -0.2) is 17.9 Å². The fraction of sp³-hybridized carbons (Fsp3) is 0.308. The van der Waals surface area contributed by atoms with Crippen LogP contribution in [0.1, 0.15) is 56.6 Å². The number of benzene rings is 2. The Balaban J connectivity index is 1.81. The first-order chi connectivity index (χ1) is 14.8. The monoisotopic (exact) mass is 435 g/mol. The Morgan fingerprint density at radius 2 is 1.77 bits per heavy atom. The summed E-state index contributed by atoms with van der Waals surface area (Å²) < 4.78 is 5.54. The van der Waals surface area contributed by atoms with Gasteiger partial charge in [0.1, 0.15) is 0 Å². The number of hydrogen-bond acceptors (Lipinski definition) is 4. The maximum absolute atomic E-state index is 13.5. The van der Waals surface area contributed by atoms with Crippen molar-refractivity contribution in [3.8, 4) is 0 Å². The summed E-state index contributed by atoms with van der Waals surface area (Å²) in [4.78, 5) is 26.5. The van der Waals surface area contributed by atoms with Crippen LogP contribution in [0.5, 0.6) is 0 Å². The minimum Gasteiger partial charge on any atom is -0.460 e. The Morgan fingerprint density at radius 3 is 2.45 bits per heavy atom. The summed E-state index contributed by atoms with van der Waals surface area (Å²) in [5.74, 6) is -0.744. The first kappa shape index (κ1) is 21.4. The van der Waals surface area contributed by atoms with Crippen molar-refractivity contribution in [2.24, 2.45) is 0 Å². The molecule has 2 atom stereocenters. The van der Waals surface area contributed by atoms with Gasteiger partial charge in [0.25, 0.3) is 0 Å². The smallest absolute Gasteiger partial charge is 0.337 e. The van der Waals surface area contributed by atoms with Crippen molar-refractivity contribution in [3.63, 3.8) is 0 Å². The summed E-state index contributed by atoms with van der Waals surface area (Å²) in [5, 5.41) is 3.94. The van der Waals surface area contributed by atoms with Crippen LogP contribution < -0.4 is 5.32 Å². The van der Waals surface area contributed by atoms with Gasteiger partial charge in [0.2, 0.25) is 0 Å². The SMILES string of the molecule is CC1=C(C(=O)OC(C)C)[C@@H](c2cccc(Cl)c2)C2=C(C[C@H](c3ccccc3)CC2=O)N1. The van der Waals surface area contributed by atoms with E-state index in [4.69, 9.17) is 16.3 Å². The topological polar surface area (TPSA) is 55.4 Å². The van der Waals surface area contributed by atoms with Crippen LogP contribution in [0.4, 0.5) is 0 Å². The van der Waals surface area contributed by atoms with E-state index >= 15 is 0 Å². The van der Waals surface area contributed by atoms with Gasteiger partial charge in [0, 0.05) is 34.3 Å². The van der Waals surface area contributed by atoms with Crippen molar-refractivity contribution in [1.29, 1.82) is 0 Å². The largest absolute Gasteiger partial charge is 0.460 e. The fourth-order valence-corrected chi connectivity index (χ4v) is 4.77. The second kappa shape index (κ2) is 8.72. The third-order valence-electron chi connectivity index (χ3n) is 5.84. The molecule has 2 aromatic rings. The summed E-state index contributed by atoms with van der Waals surface area (Å²) in [5.41, 5.74) is 4.69. The average molecular weight is 436 g/mol. The van der Waals surface area contributed by atoms with E-state index in [1.165, 1.54) is 0 Å². The van der Waals surface area contributed by atoms with E-state index in [-0.39, 0.29) is 17.8 Å². The van der Waals surface area contributed by atoms with E-state index in [9.17, 15) is 9.59 Å². The van der Waals surface area contributed by atoms with Gasteiger partial charge in [-0.2, -0.15) is 0 Å². The molecule has 4 rings (SSSR count). The third kappa shape index (κ3) is 4.31. The molecular weight excluding hydrogens is 410 g/mol. The molecule has 5 heteroatoms. The Hall–Kier alpha value is -2.85. The quantitative estimate of drug-likeness (QED) is 0.630. The number of carbonyl (C=O) groups is 2. The number of ketones is 1. The van der Waals surface area contributed by atoms with Gasteiger partial charge in [-0.1, -0.05) is 54.1 Å². The summed E-state index contributed by atoms with van der Waals surface area (Å²) in [6, 6.07) is 17.5. The van der Waals surface area contributed by atoms with Crippen LogP contribution in [0.25, 0.3) is 0 Å². The molecule has 0 unspecified atom stereocenters. The zero-order chi connectivity index (χ0) is 22.1. The molecule has 2 aliphatic rings. The number of esters is 1. The van der Waals surface area contributed by atoms with Gasteiger partial charge in [0.05, 0.1) is 11.7 Å². The number of Topliss-reactive ketones (excluding diaryl/α,β-unsaturated/α-hetero) is 1. The van der Waals surface area contributed by atoms with E-state index < -0.39 is 11.9 Å². The van der Waals surface area contributed by atoms with Crippen molar-refractivity contribution in [1.82, 2.24) is 5.32 Å². The predicted octanol–water partition coefficient (Wildman–Crippen LogP) is 5.65. The Morgan fingerprint density at radius 1 is 1.06 bits per heavy atom. The van der Waals surface area contributed by atoms with Crippen LogP contribution in [-0.2, 0) is 14.3 Å². The molecule has 0 amide bonds. The van der Waals surface area contributed by atoms with Crippen LogP contribution in [0, 0.1) is 0 Å². The molecular formula is C26H26ClNO3. The van der Waals surface area contributed by atoms with E-state index in [0.29, 0.717) is 29.0 Å². The average Bonchev–Trinajstić information content (AvgIpc) is 2.72. The van der Waals surface area contributed by atoms with Gasteiger partial charge in [-0.25, -0.2) is 4.79 Å². The number of nitrogens with one attached hydrogen (secondary N) is 1. The van der Waals surface area contributed by atoms with Gasteiger partial charge in [0.15, 0.2) is 5.78 Å². The summed E-state index contributed by atoms with van der Waals surface area (Å²) in [6.07, 6.45) is 0.867. The van der Waals surface area contributed by atoms with Gasteiger partial charge in [-0.3, -0.25) is 4.79 Å². The fourth-order valence-electron chi connectivity index (χ4n) is 4.57. The highest BCUT2D eigenvalue weighted by Gasteiger charge is 2.41. The molecule has 0 radical (unpaired) electrons. The predicted molar refractivity (Wildman–Crippen MR) is 122 cm³/mol. The normalized spacial score (nSPS) is 21.1. The van der Waals surface area contributed by atoms with Gasteiger partial charge in [-0.15, -0.1) is 0 Å². The molecule has 2 aromatic carbocycles. The molecule has 160 valence electrons. The summed E-state index contributed by atoms with van der Waals surface area (Å²) in [6.45, 7) is 5.51. The highest BCUT2D eigenvalue weighted by Crippen LogP contribution is 2.46. The molecule has 0 saturated heterocycles. The maximum atomic E-state index is 13.5. The molecule has 1 aliphatic heterocycles. The van der Waals surface area contributed by atoms with Crippen LogP contribution in [0.15, 0.2) is 77.1 Å². The molecule has 0 fully saturated rings. The standard InChI is InChI=1S/C26H26ClNO3/c1-15(2)31-26(30)23-16(3)28-21-13-19(17-8-5-4-6-9-17)14-22(29)25(21)24(23)18-10-7-11-20(27)12-18/h4-12,15,19,24,28H,13-14H2,1-3H3/t19-,24+/m0/s1. The lowest BCUT2D eigenvalue weighted by atomic mass is 9.72. The number of halogens is 1. The van der Waals surface area contributed by atoms with Gasteiger partial charge in [-0.05, 0) is 56.4 Å². The highest BCUT2D eigenvalue weighted by atomic mass is 35.5. The molecule has 4 nitrogen and oxygen atoms in total. The number of allylic oxidation sites excluding steroid dienone is 3. The zero-order valence-corrected chi connectivity index (χ0v) is 18.7. The van der Waals surface area contributed by atoms with Crippen molar-refractivity contribution in [2.75, 3.05) is 0 Å². The molecule has 31 heavy (non-hydrogen) atoms. The lowest BCUT2D eigenvalue weighted by molar-refractivity contribution is -0.143. The Bertz CT molecular complexity index is 1080. The Kier molecular flexibility index (Phi) is 6.01. The van der Waals surface area contributed by atoms with E-state index in [2.05, 4.69) is 17.4 Å². The lowest BCUT2D eigenvalue weighted by Gasteiger charge is -2.37. The zero-order valence-electron chi connectivity index (χ0n) is 17.9. The molecule has 0 saturated carbocycles. The number of ether oxygens (including phenoxy) is 1. The second-order valence-corrected chi connectivity index (χ2v) is 8.87. The molecule has 1 N–H and O–H groups in total. The van der Waals surface area contributed by atoms with Gasteiger partial charge < -0.3 is 10.1 Å². The lowest BCUT2D eigenvalue weighted by Crippen LogP contribution is -2.36. The number of hydrogen-bond donors (Lipinski definition) is 1. The van der Waals surface area contributed by atoms with Crippen LogP contribution >= 0.6 is 11.6 Å². The van der Waals surface area contributed by atoms with Crippen molar-refractivity contribution in [3.05, 3.63) is 93.3 Å². The molecule has 1 heterocycles. The molecule has 0 bridgehead atoms. The molecule has 0 spiro atoms. The summed E-state index contributed by atoms with van der Waals surface area (Å²) >= 11 is 6.28. The molecule has 1 aliphatic carbocycles. The van der Waals surface area contributed by atoms with E-state index in [0.717, 1.165) is 22.5 Å². The number of carbonyl (C=O) groups excluding carboxylic acids is 2. The van der Waals surface area contributed by atoms with Crippen LogP contribution in [0.2, 0.25) is 5.02 Å². The van der Waals surface area contributed by atoms with E-state index in [1.807, 2.05) is 57.2 Å². The first-order valence-corrected chi connectivity index (χ1v) is 11.0. The Labute approximate surface area is 187 Å². The minimum atomic E-state index is -0.495. The van der Waals surface area contributed by atoms with E-state index in [1.54, 1.807) is 6.07 Å². The van der Waals surface area contributed by atoms with Gasteiger partial charge >= 0.3 is 5.97 Å². The minimum absolute atomic E-state index is 0.0509. The molecule has 0 aromatic heterocycles. The highest BCUT2D eigenvalue weighted by molar-refractivity contribution is 6.30. The first-order valence-electron chi connectivity index (χ1n) is 10.6. The summed E-state index contributed by atoms with van der Waals surface area (Å²) in [7, 11) is 0. The van der Waals surface area contributed by atoms with Crippen molar-refractivity contribution in [2.45, 2.75) is 51.6 Å². The van der Waals surface area contributed by atoms with Crippen LogP contribution in [0.3, 0.4) is 0 Å².